The molecule has 1 rings (SSSR count). The minimum absolute atomic E-state index is 0.0431. The number of amides is 1. The first kappa shape index (κ1) is 11.5. The molecular formula is C11H17N3O. The summed E-state index contributed by atoms with van der Waals surface area (Å²) in [6.45, 7) is 5.52. The number of pyridine rings is 1. The fraction of sp³-hybridized carbons (Fsp3) is 0.455. The fourth-order valence-corrected chi connectivity index (χ4v) is 1.19. The van der Waals surface area contributed by atoms with Crippen molar-refractivity contribution in [3.05, 3.63) is 23.9 Å². The molecule has 0 unspecified atom stereocenters. The summed E-state index contributed by atoms with van der Waals surface area (Å²) in [5, 5.41) is 5.89. The van der Waals surface area contributed by atoms with Crippen molar-refractivity contribution in [2.45, 2.75) is 20.3 Å². The maximum absolute atomic E-state index is 11.6. The van der Waals surface area contributed by atoms with Crippen molar-refractivity contribution in [1.29, 1.82) is 0 Å². The lowest BCUT2D eigenvalue weighted by molar-refractivity contribution is 0.0953. The van der Waals surface area contributed by atoms with Crippen LogP contribution >= 0.6 is 0 Å². The molecule has 2 N–H and O–H groups in total. The molecule has 0 aliphatic carbocycles. The van der Waals surface area contributed by atoms with Crippen LogP contribution in [0.15, 0.2) is 18.3 Å². The fourth-order valence-electron chi connectivity index (χ4n) is 1.19. The second kappa shape index (κ2) is 6.01. The van der Waals surface area contributed by atoms with Gasteiger partial charge in [-0.15, -0.1) is 0 Å². The van der Waals surface area contributed by atoms with Gasteiger partial charge in [-0.2, -0.15) is 0 Å². The summed E-state index contributed by atoms with van der Waals surface area (Å²) in [5.41, 5.74) is 0.648. The Morgan fingerprint density at radius 1 is 1.47 bits per heavy atom. The van der Waals surface area contributed by atoms with Gasteiger partial charge < -0.3 is 10.6 Å². The van der Waals surface area contributed by atoms with Crippen LogP contribution in [0.3, 0.4) is 0 Å². The molecule has 0 saturated carbocycles. The number of hydrogen-bond donors (Lipinski definition) is 2. The normalized spacial score (nSPS) is 9.73. The van der Waals surface area contributed by atoms with Gasteiger partial charge in [0.25, 0.3) is 5.91 Å². The Morgan fingerprint density at radius 2 is 2.27 bits per heavy atom. The van der Waals surface area contributed by atoms with E-state index >= 15 is 0 Å². The number of anilines is 1. The molecule has 1 heterocycles. The van der Waals surface area contributed by atoms with Gasteiger partial charge in [-0.3, -0.25) is 4.79 Å². The Kier molecular flexibility index (Phi) is 4.60. The smallest absolute Gasteiger partial charge is 0.251 e. The van der Waals surface area contributed by atoms with E-state index in [2.05, 4.69) is 15.6 Å². The van der Waals surface area contributed by atoms with Crippen LogP contribution in [0.2, 0.25) is 0 Å². The van der Waals surface area contributed by atoms with Gasteiger partial charge in [0.2, 0.25) is 0 Å². The van der Waals surface area contributed by atoms with E-state index in [0.717, 1.165) is 18.8 Å². The van der Waals surface area contributed by atoms with Crippen molar-refractivity contribution in [1.82, 2.24) is 10.3 Å². The van der Waals surface area contributed by atoms with Crippen molar-refractivity contribution >= 4 is 11.7 Å². The largest absolute Gasteiger partial charge is 0.370 e. The summed E-state index contributed by atoms with van der Waals surface area (Å²) < 4.78 is 0. The lowest BCUT2D eigenvalue weighted by atomic mass is 10.2. The van der Waals surface area contributed by atoms with Crippen LogP contribution in [-0.2, 0) is 0 Å². The van der Waals surface area contributed by atoms with E-state index in [9.17, 15) is 4.79 Å². The van der Waals surface area contributed by atoms with E-state index in [1.54, 1.807) is 18.3 Å². The molecule has 4 heteroatoms. The topological polar surface area (TPSA) is 54.0 Å². The van der Waals surface area contributed by atoms with Crippen molar-refractivity contribution in [3.63, 3.8) is 0 Å². The first-order valence-electron chi connectivity index (χ1n) is 5.26. The van der Waals surface area contributed by atoms with Crippen LogP contribution < -0.4 is 10.6 Å². The molecule has 0 bridgehead atoms. The summed E-state index contributed by atoms with van der Waals surface area (Å²) in [6, 6.07) is 3.47. The van der Waals surface area contributed by atoms with E-state index in [4.69, 9.17) is 0 Å². The summed E-state index contributed by atoms with van der Waals surface area (Å²) in [7, 11) is 0. The van der Waals surface area contributed by atoms with Gasteiger partial charge in [-0.1, -0.05) is 6.92 Å². The molecule has 82 valence electrons. The van der Waals surface area contributed by atoms with Crippen molar-refractivity contribution in [3.8, 4) is 0 Å². The standard InChI is InChI=1S/C11H17N3O/c1-3-6-14-11(15)9-5-7-13-10(8-9)12-4-2/h5,7-8H,3-4,6H2,1-2H3,(H,12,13)(H,14,15). The molecule has 0 aliphatic rings. The second-order valence-electron chi connectivity index (χ2n) is 3.22. The van der Waals surface area contributed by atoms with E-state index < -0.39 is 0 Å². The summed E-state index contributed by atoms with van der Waals surface area (Å²) in [6.07, 6.45) is 2.58. The minimum Gasteiger partial charge on any atom is -0.370 e. The molecule has 0 aromatic carbocycles. The van der Waals surface area contributed by atoms with Crippen molar-refractivity contribution < 1.29 is 4.79 Å². The maximum atomic E-state index is 11.6. The molecule has 0 radical (unpaired) electrons. The molecule has 4 nitrogen and oxygen atoms in total. The zero-order valence-corrected chi connectivity index (χ0v) is 9.21. The summed E-state index contributed by atoms with van der Waals surface area (Å²) in [4.78, 5) is 15.7. The molecule has 0 spiro atoms. The second-order valence-corrected chi connectivity index (χ2v) is 3.22. The van der Waals surface area contributed by atoms with Crippen LogP contribution in [-0.4, -0.2) is 24.0 Å². The van der Waals surface area contributed by atoms with Crippen LogP contribution in [0.1, 0.15) is 30.6 Å². The molecular weight excluding hydrogens is 190 g/mol. The Labute approximate surface area is 90.1 Å². The molecule has 15 heavy (non-hydrogen) atoms. The van der Waals surface area contributed by atoms with Crippen LogP contribution in [0.5, 0.6) is 0 Å². The average molecular weight is 207 g/mol. The first-order valence-corrected chi connectivity index (χ1v) is 5.26. The number of hydrogen-bond acceptors (Lipinski definition) is 3. The molecule has 0 aliphatic heterocycles. The third kappa shape index (κ3) is 3.58. The van der Waals surface area contributed by atoms with E-state index in [1.807, 2.05) is 13.8 Å². The Bertz CT molecular complexity index is 325. The van der Waals surface area contributed by atoms with Gasteiger partial charge in [0.15, 0.2) is 0 Å². The summed E-state index contributed by atoms with van der Waals surface area (Å²) >= 11 is 0. The van der Waals surface area contributed by atoms with Gasteiger partial charge in [0.1, 0.15) is 5.82 Å². The first-order chi connectivity index (χ1) is 7.27. The SMILES string of the molecule is CCCNC(=O)c1ccnc(NCC)c1. The molecule has 0 fully saturated rings. The highest BCUT2D eigenvalue weighted by Gasteiger charge is 2.04. The lowest BCUT2D eigenvalue weighted by Gasteiger charge is -2.05. The van der Waals surface area contributed by atoms with Gasteiger partial charge in [0, 0.05) is 24.8 Å². The number of nitrogens with one attached hydrogen (secondary N) is 2. The monoisotopic (exact) mass is 207 g/mol. The highest BCUT2D eigenvalue weighted by Crippen LogP contribution is 2.06. The number of aromatic nitrogens is 1. The zero-order valence-electron chi connectivity index (χ0n) is 9.21. The maximum Gasteiger partial charge on any atom is 0.251 e. The molecule has 0 atom stereocenters. The Morgan fingerprint density at radius 3 is 2.93 bits per heavy atom. The molecule has 1 amide bonds. The molecule has 1 aromatic heterocycles. The number of nitrogens with zero attached hydrogens (tertiary/aromatic N) is 1. The van der Waals surface area contributed by atoms with E-state index in [-0.39, 0.29) is 5.91 Å². The zero-order chi connectivity index (χ0) is 11.1. The highest BCUT2D eigenvalue weighted by molar-refractivity contribution is 5.94. The Balaban J connectivity index is 2.67. The highest BCUT2D eigenvalue weighted by atomic mass is 16.1. The summed E-state index contributed by atoms with van der Waals surface area (Å²) in [5.74, 6) is 0.694. The predicted molar refractivity (Wildman–Crippen MR) is 61.0 cm³/mol. The van der Waals surface area contributed by atoms with Crippen LogP contribution in [0.4, 0.5) is 5.82 Å². The Hall–Kier alpha value is -1.58. The molecule has 0 saturated heterocycles. The van der Waals surface area contributed by atoms with E-state index in [1.165, 1.54) is 0 Å². The van der Waals surface area contributed by atoms with Gasteiger partial charge >= 0.3 is 0 Å². The molecule has 1 aromatic rings. The van der Waals surface area contributed by atoms with Gasteiger partial charge in [0.05, 0.1) is 0 Å². The minimum atomic E-state index is -0.0431. The quantitative estimate of drug-likeness (QED) is 0.772. The van der Waals surface area contributed by atoms with Crippen LogP contribution in [0.25, 0.3) is 0 Å². The number of rotatable bonds is 5. The van der Waals surface area contributed by atoms with Crippen molar-refractivity contribution in [2.24, 2.45) is 0 Å². The van der Waals surface area contributed by atoms with Gasteiger partial charge in [-0.05, 0) is 25.5 Å². The van der Waals surface area contributed by atoms with Gasteiger partial charge in [-0.25, -0.2) is 4.98 Å². The average Bonchev–Trinajstić information content (AvgIpc) is 2.27. The lowest BCUT2D eigenvalue weighted by Crippen LogP contribution is -2.24. The third-order valence-electron chi connectivity index (χ3n) is 1.92. The number of carbonyl (C=O) groups excluding carboxylic acids is 1. The predicted octanol–water partition coefficient (Wildman–Crippen LogP) is 1.65. The van der Waals surface area contributed by atoms with E-state index in [0.29, 0.717) is 12.1 Å². The number of carbonyl (C=O) groups is 1. The van der Waals surface area contributed by atoms with Crippen molar-refractivity contribution in [2.75, 3.05) is 18.4 Å². The third-order valence-corrected chi connectivity index (χ3v) is 1.92. The van der Waals surface area contributed by atoms with Crippen LogP contribution in [0, 0.1) is 0 Å².